The molecule has 5 aromatic rings. The number of unbranched alkanes of at least 4 members (excludes halogenated alkanes) is 2. The molecule has 1 N–H and O–H groups in total. The maximum atomic E-state index is 12.9. The highest BCUT2D eigenvalue weighted by Crippen LogP contribution is 2.49. The van der Waals surface area contributed by atoms with Crippen LogP contribution in [0.4, 0.5) is 0 Å². The predicted octanol–water partition coefficient (Wildman–Crippen LogP) is 9.41. The molecule has 1 aromatic heterocycles. The number of ether oxygens (including phenoxy) is 1. The lowest BCUT2D eigenvalue weighted by atomic mass is 9.70. The van der Waals surface area contributed by atoms with Gasteiger partial charge in [0.15, 0.2) is 0 Å². The molecule has 0 saturated heterocycles. The maximum Gasteiger partial charge on any atom is 0.217 e. The molecule has 0 aliphatic rings. The third kappa shape index (κ3) is 5.31. The molecule has 2 unspecified atom stereocenters. The van der Waals surface area contributed by atoms with Crippen LogP contribution in [0.5, 0.6) is 5.88 Å². The summed E-state index contributed by atoms with van der Waals surface area (Å²) >= 11 is 10.1. The second-order valence-electron chi connectivity index (χ2n) is 9.86. The molecule has 0 spiro atoms. The van der Waals surface area contributed by atoms with Crippen molar-refractivity contribution in [1.82, 2.24) is 4.98 Å². The molecule has 0 saturated carbocycles. The highest BCUT2D eigenvalue weighted by atomic mass is 79.9. The SMILES string of the molecule is CCCCCC(O)(c1ccc2ccccc2c1)C(c1cccc(Cl)c1)c1cc2cc(Br)ccc2nc1OC. The van der Waals surface area contributed by atoms with Crippen molar-refractivity contribution in [1.29, 1.82) is 0 Å². The van der Waals surface area contributed by atoms with Gasteiger partial charge in [-0.1, -0.05) is 102 Å². The van der Waals surface area contributed by atoms with E-state index in [0.717, 1.165) is 62.1 Å². The summed E-state index contributed by atoms with van der Waals surface area (Å²) in [7, 11) is 1.64. The van der Waals surface area contributed by atoms with Crippen LogP contribution >= 0.6 is 27.5 Å². The normalized spacial score (nSPS) is 13.9. The van der Waals surface area contributed by atoms with Gasteiger partial charge in [-0.15, -0.1) is 0 Å². The van der Waals surface area contributed by atoms with Crippen molar-refractivity contribution in [3.63, 3.8) is 0 Å². The fourth-order valence-electron chi connectivity index (χ4n) is 5.47. The Labute approximate surface area is 237 Å². The van der Waals surface area contributed by atoms with Crippen LogP contribution in [0, 0.1) is 0 Å². The van der Waals surface area contributed by atoms with Gasteiger partial charge in [-0.3, -0.25) is 0 Å². The van der Waals surface area contributed by atoms with E-state index in [4.69, 9.17) is 21.3 Å². The third-order valence-corrected chi connectivity index (χ3v) is 8.07. The van der Waals surface area contributed by atoms with Crippen LogP contribution in [-0.2, 0) is 5.60 Å². The lowest BCUT2D eigenvalue weighted by Crippen LogP contribution is -2.35. The van der Waals surface area contributed by atoms with Crippen molar-refractivity contribution in [3.05, 3.63) is 117 Å². The standard InChI is InChI=1S/C33H31BrClNO2/c1-3-4-7-17-33(37,26-14-13-22-9-5-6-10-23(22)18-26)31(24-11-8-12-28(35)20-24)29-21-25-19-27(34)15-16-30(25)36-32(29)38-2/h5-6,8-16,18-21,31,37H,3-4,7,17H2,1-2H3. The number of benzene rings is 4. The summed E-state index contributed by atoms with van der Waals surface area (Å²) in [5, 5.41) is 16.8. The smallest absolute Gasteiger partial charge is 0.217 e. The number of aromatic nitrogens is 1. The van der Waals surface area contributed by atoms with Crippen molar-refractivity contribution < 1.29 is 9.84 Å². The van der Waals surface area contributed by atoms with E-state index in [-0.39, 0.29) is 0 Å². The van der Waals surface area contributed by atoms with Crippen LogP contribution in [0.15, 0.2) is 95.5 Å². The van der Waals surface area contributed by atoms with Crippen molar-refractivity contribution in [2.24, 2.45) is 0 Å². The van der Waals surface area contributed by atoms with E-state index < -0.39 is 11.5 Å². The van der Waals surface area contributed by atoms with Gasteiger partial charge in [-0.25, -0.2) is 4.98 Å². The summed E-state index contributed by atoms with van der Waals surface area (Å²) < 4.78 is 6.84. The van der Waals surface area contributed by atoms with Gasteiger partial charge < -0.3 is 9.84 Å². The molecule has 0 radical (unpaired) electrons. The summed E-state index contributed by atoms with van der Waals surface area (Å²) in [6, 6.07) is 30.4. The highest BCUT2D eigenvalue weighted by Gasteiger charge is 2.42. The van der Waals surface area contributed by atoms with E-state index >= 15 is 0 Å². The average molecular weight is 589 g/mol. The molecular weight excluding hydrogens is 558 g/mol. The van der Waals surface area contributed by atoms with Crippen LogP contribution in [0.1, 0.15) is 55.2 Å². The number of pyridine rings is 1. The number of hydrogen-bond donors (Lipinski definition) is 1. The van der Waals surface area contributed by atoms with E-state index in [9.17, 15) is 5.11 Å². The number of aliphatic hydroxyl groups is 1. The maximum absolute atomic E-state index is 12.9. The first-order chi connectivity index (χ1) is 18.4. The molecule has 0 amide bonds. The van der Waals surface area contributed by atoms with Crippen LogP contribution in [0.3, 0.4) is 0 Å². The van der Waals surface area contributed by atoms with Gasteiger partial charge in [0.2, 0.25) is 5.88 Å². The van der Waals surface area contributed by atoms with Gasteiger partial charge >= 0.3 is 0 Å². The first-order valence-corrected chi connectivity index (χ1v) is 14.2. The zero-order chi connectivity index (χ0) is 26.7. The molecular formula is C33H31BrClNO2. The molecule has 3 nitrogen and oxygen atoms in total. The monoisotopic (exact) mass is 587 g/mol. The Morgan fingerprint density at radius 3 is 2.47 bits per heavy atom. The van der Waals surface area contributed by atoms with E-state index in [0.29, 0.717) is 17.3 Å². The Morgan fingerprint density at radius 2 is 1.71 bits per heavy atom. The summed E-state index contributed by atoms with van der Waals surface area (Å²) in [6.07, 6.45) is 3.55. The summed E-state index contributed by atoms with van der Waals surface area (Å²) in [5.74, 6) is 0.0320. The van der Waals surface area contributed by atoms with Crippen molar-refractivity contribution in [3.8, 4) is 5.88 Å². The molecule has 0 bridgehead atoms. The number of hydrogen-bond acceptors (Lipinski definition) is 3. The van der Waals surface area contributed by atoms with Gasteiger partial charge in [0.1, 0.15) is 5.60 Å². The first-order valence-electron chi connectivity index (χ1n) is 13.0. The molecule has 194 valence electrons. The van der Waals surface area contributed by atoms with Gasteiger partial charge in [0.05, 0.1) is 12.6 Å². The number of halogens is 2. The zero-order valence-corrected chi connectivity index (χ0v) is 24.0. The average Bonchev–Trinajstić information content (AvgIpc) is 2.92. The Hall–Kier alpha value is -2.92. The molecule has 38 heavy (non-hydrogen) atoms. The fraction of sp³-hybridized carbons (Fsp3) is 0.242. The third-order valence-electron chi connectivity index (χ3n) is 7.34. The molecule has 5 heteroatoms. The molecule has 2 atom stereocenters. The number of fused-ring (bicyclic) bond motifs is 2. The summed E-state index contributed by atoms with van der Waals surface area (Å²) in [6.45, 7) is 2.18. The lowest BCUT2D eigenvalue weighted by molar-refractivity contribution is 0.00723. The summed E-state index contributed by atoms with van der Waals surface area (Å²) in [4.78, 5) is 4.87. The van der Waals surface area contributed by atoms with Crippen LogP contribution in [0.2, 0.25) is 5.02 Å². The van der Waals surface area contributed by atoms with E-state index in [1.807, 2.05) is 54.6 Å². The van der Waals surface area contributed by atoms with E-state index in [1.165, 1.54) is 0 Å². The van der Waals surface area contributed by atoms with E-state index in [1.54, 1.807) is 7.11 Å². The molecule has 4 aromatic carbocycles. The molecule has 1 heterocycles. The highest BCUT2D eigenvalue weighted by molar-refractivity contribution is 9.10. The van der Waals surface area contributed by atoms with Crippen LogP contribution in [-0.4, -0.2) is 17.2 Å². The summed E-state index contributed by atoms with van der Waals surface area (Å²) in [5.41, 5.74) is 2.21. The minimum atomic E-state index is -1.24. The predicted molar refractivity (Wildman–Crippen MR) is 161 cm³/mol. The minimum absolute atomic E-state index is 0.468. The fourth-order valence-corrected chi connectivity index (χ4v) is 6.05. The first kappa shape index (κ1) is 26.7. The number of rotatable bonds is 9. The molecule has 5 rings (SSSR count). The Morgan fingerprint density at radius 1 is 0.895 bits per heavy atom. The minimum Gasteiger partial charge on any atom is -0.481 e. The number of methoxy groups -OCH3 is 1. The lowest BCUT2D eigenvalue weighted by Gasteiger charge is -2.38. The molecule has 0 aliphatic heterocycles. The Bertz CT molecular complexity index is 1590. The molecule has 0 fully saturated rings. The van der Waals surface area contributed by atoms with Gasteiger partial charge in [0, 0.05) is 26.4 Å². The van der Waals surface area contributed by atoms with Crippen LogP contribution in [0.25, 0.3) is 21.7 Å². The second-order valence-corrected chi connectivity index (χ2v) is 11.2. The van der Waals surface area contributed by atoms with E-state index in [2.05, 4.69) is 59.3 Å². The topological polar surface area (TPSA) is 42.4 Å². The van der Waals surface area contributed by atoms with Gasteiger partial charge in [0.25, 0.3) is 0 Å². The quantitative estimate of drug-likeness (QED) is 0.174. The van der Waals surface area contributed by atoms with Crippen LogP contribution < -0.4 is 4.74 Å². The Balaban J connectivity index is 1.80. The van der Waals surface area contributed by atoms with Gasteiger partial charge in [-0.05, 0) is 70.8 Å². The zero-order valence-electron chi connectivity index (χ0n) is 21.6. The Kier molecular flexibility index (Phi) is 8.04. The van der Waals surface area contributed by atoms with Gasteiger partial charge in [-0.2, -0.15) is 0 Å². The van der Waals surface area contributed by atoms with Crippen molar-refractivity contribution in [2.75, 3.05) is 7.11 Å². The largest absolute Gasteiger partial charge is 0.481 e. The van der Waals surface area contributed by atoms with Crippen molar-refractivity contribution in [2.45, 2.75) is 44.1 Å². The molecule has 0 aliphatic carbocycles. The van der Waals surface area contributed by atoms with Crippen molar-refractivity contribution >= 4 is 49.2 Å². The number of nitrogens with zero attached hydrogens (tertiary/aromatic N) is 1. The second kappa shape index (κ2) is 11.4.